The molecule has 4 aromatic rings. The number of benzene rings is 2. The highest BCUT2D eigenvalue weighted by Gasteiger charge is 2.52. The van der Waals surface area contributed by atoms with E-state index in [0.29, 0.717) is 43.7 Å². The van der Waals surface area contributed by atoms with Gasteiger partial charge in [0.05, 0.1) is 22.5 Å². The number of anilines is 1. The van der Waals surface area contributed by atoms with Crippen molar-refractivity contribution in [2.45, 2.75) is 36.5 Å². The lowest BCUT2D eigenvalue weighted by atomic mass is 9.94. The Hall–Kier alpha value is -2.98. The molecule has 2 aromatic carbocycles. The van der Waals surface area contributed by atoms with Crippen molar-refractivity contribution in [1.29, 1.82) is 0 Å². The van der Waals surface area contributed by atoms with Gasteiger partial charge in [-0.3, -0.25) is 9.78 Å². The largest absolute Gasteiger partial charge is 0.334 e. The third kappa shape index (κ3) is 5.29. The summed E-state index contributed by atoms with van der Waals surface area (Å²) in [4.78, 5) is 21.4. The van der Waals surface area contributed by atoms with Crippen molar-refractivity contribution in [2.75, 3.05) is 11.1 Å². The first-order chi connectivity index (χ1) is 18.1. The maximum atomic E-state index is 12.6. The Kier molecular flexibility index (Phi) is 7.21. The van der Waals surface area contributed by atoms with E-state index in [-0.39, 0.29) is 23.0 Å². The number of hydrogen-bond donors (Lipinski definition) is 1. The van der Waals surface area contributed by atoms with Gasteiger partial charge in [0.2, 0.25) is 5.91 Å². The number of halogens is 3. The van der Waals surface area contributed by atoms with Crippen LogP contribution in [0.25, 0.3) is 11.5 Å². The zero-order valence-electron chi connectivity index (χ0n) is 20.0. The Morgan fingerprint density at radius 1 is 1.05 bits per heavy atom. The number of carbonyl (C=O) groups is 1. The molecule has 0 saturated heterocycles. The predicted octanol–water partition coefficient (Wildman–Crippen LogP) is 6.15. The third-order valence-electron chi connectivity index (χ3n) is 6.38. The normalized spacial score (nSPS) is 14.3. The number of sulfone groups is 1. The van der Waals surface area contributed by atoms with Crippen LogP contribution in [0, 0.1) is 0 Å². The molecule has 1 fully saturated rings. The summed E-state index contributed by atoms with van der Waals surface area (Å²) in [6.45, 7) is 1.56. The first kappa shape index (κ1) is 26.6. The first-order valence-corrected chi connectivity index (χ1v) is 14.5. The summed E-state index contributed by atoms with van der Waals surface area (Å²) >= 11 is 19.3. The molecule has 0 atom stereocenters. The molecular formula is C26H21Cl3N4O4S. The SMILES string of the molecule is CCS(=O)(=O)c1ccc(CC(=O)Nc2cc(Cl)c(C3(c4noc(-c5ccc(Cl)cc5)n4)CC3)c(Cl)c2)nc1. The third-order valence-corrected chi connectivity index (χ3v) is 8.95. The minimum Gasteiger partial charge on any atom is -0.334 e. The molecule has 0 radical (unpaired) electrons. The number of aromatic nitrogens is 3. The Morgan fingerprint density at radius 3 is 2.32 bits per heavy atom. The summed E-state index contributed by atoms with van der Waals surface area (Å²) in [5.41, 5.74) is 1.70. The van der Waals surface area contributed by atoms with Gasteiger partial charge in [0.15, 0.2) is 15.7 Å². The Bertz CT molecular complexity index is 1590. The van der Waals surface area contributed by atoms with Crippen LogP contribution in [-0.4, -0.2) is 35.2 Å². The molecule has 0 unspecified atom stereocenters. The van der Waals surface area contributed by atoms with Gasteiger partial charge in [-0.25, -0.2) is 8.42 Å². The van der Waals surface area contributed by atoms with Crippen molar-refractivity contribution in [1.82, 2.24) is 15.1 Å². The van der Waals surface area contributed by atoms with E-state index in [9.17, 15) is 13.2 Å². The van der Waals surface area contributed by atoms with Crippen molar-refractivity contribution < 1.29 is 17.7 Å². The molecule has 2 heterocycles. The standard InChI is InChI=1S/C26H21Cl3N4O4S/c1-2-38(35,36)19-8-7-17(30-14-19)13-22(34)31-18-11-20(28)23(21(29)12-18)26(9-10-26)25-32-24(37-33-25)15-3-5-16(27)6-4-15/h3-8,11-12,14H,2,9-10,13H2,1H3,(H,31,34). The van der Waals surface area contributed by atoms with Crippen LogP contribution in [0.5, 0.6) is 0 Å². The van der Waals surface area contributed by atoms with Crippen LogP contribution in [0.2, 0.25) is 15.1 Å². The van der Waals surface area contributed by atoms with Crippen molar-refractivity contribution in [2.24, 2.45) is 0 Å². The van der Waals surface area contributed by atoms with Crippen molar-refractivity contribution >= 4 is 56.2 Å². The number of nitrogens with one attached hydrogen (secondary N) is 1. The van der Waals surface area contributed by atoms with Crippen LogP contribution in [0.3, 0.4) is 0 Å². The fourth-order valence-corrected chi connectivity index (χ4v) is 5.97. The fourth-order valence-electron chi connectivity index (χ4n) is 4.18. The second-order valence-electron chi connectivity index (χ2n) is 8.94. The Labute approximate surface area is 234 Å². The predicted molar refractivity (Wildman–Crippen MR) is 146 cm³/mol. The monoisotopic (exact) mass is 590 g/mol. The lowest BCUT2D eigenvalue weighted by Gasteiger charge is -2.17. The Morgan fingerprint density at radius 2 is 1.74 bits per heavy atom. The van der Waals surface area contributed by atoms with E-state index < -0.39 is 15.3 Å². The van der Waals surface area contributed by atoms with Gasteiger partial charge in [-0.2, -0.15) is 4.98 Å². The van der Waals surface area contributed by atoms with E-state index >= 15 is 0 Å². The van der Waals surface area contributed by atoms with E-state index in [1.165, 1.54) is 18.3 Å². The van der Waals surface area contributed by atoms with E-state index in [2.05, 4.69) is 20.4 Å². The zero-order valence-corrected chi connectivity index (χ0v) is 23.1. The van der Waals surface area contributed by atoms with Crippen LogP contribution in [0.4, 0.5) is 5.69 Å². The average Bonchev–Trinajstić information content (AvgIpc) is 3.51. The number of rotatable bonds is 8. The molecule has 196 valence electrons. The van der Waals surface area contributed by atoms with Gasteiger partial charge < -0.3 is 9.84 Å². The highest BCUT2D eigenvalue weighted by atomic mass is 35.5. The fraction of sp³-hybridized carbons (Fsp3) is 0.231. The minimum absolute atomic E-state index is 0.0243. The number of amides is 1. The summed E-state index contributed by atoms with van der Waals surface area (Å²) in [7, 11) is -3.36. The van der Waals surface area contributed by atoms with Gasteiger partial charge in [-0.1, -0.05) is 46.9 Å². The molecule has 8 nitrogen and oxygen atoms in total. The van der Waals surface area contributed by atoms with E-state index in [1.54, 1.807) is 43.3 Å². The summed E-state index contributed by atoms with van der Waals surface area (Å²) in [5.74, 6) is 0.481. The summed E-state index contributed by atoms with van der Waals surface area (Å²) < 4.78 is 29.4. The van der Waals surface area contributed by atoms with Crippen LogP contribution in [-0.2, 0) is 26.5 Å². The summed E-state index contributed by atoms with van der Waals surface area (Å²) in [5, 5.41) is 8.32. The second kappa shape index (κ2) is 10.3. The molecule has 5 rings (SSSR count). The zero-order chi connectivity index (χ0) is 27.1. The highest BCUT2D eigenvalue weighted by molar-refractivity contribution is 7.91. The van der Waals surface area contributed by atoms with Crippen LogP contribution in [0.15, 0.2) is 64.1 Å². The molecule has 0 spiro atoms. The number of pyridine rings is 1. The quantitative estimate of drug-likeness (QED) is 0.261. The van der Waals surface area contributed by atoms with Crippen molar-refractivity contribution in [3.05, 3.63) is 86.9 Å². The second-order valence-corrected chi connectivity index (χ2v) is 12.5. The molecule has 1 N–H and O–H groups in total. The highest BCUT2D eigenvalue weighted by Crippen LogP contribution is 2.57. The molecule has 1 aliphatic carbocycles. The molecule has 1 saturated carbocycles. The lowest BCUT2D eigenvalue weighted by Crippen LogP contribution is -2.17. The van der Waals surface area contributed by atoms with Gasteiger partial charge in [-0.05, 0) is 61.4 Å². The number of hydrogen-bond acceptors (Lipinski definition) is 7. The number of carbonyl (C=O) groups excluding carboxylic acids is 1. The summed E-state index contributed by atoms with van der Waals surface area (Å²) in [6, 6.07) is 13.3. The first-order valence-electron chi connectivity index (χ1n) is 11.7. The van der Waals surface area contributed by atoms with Crippen molar-refractivity contribution in [3.63, 3.8) is 0 Å². The van der Waals surface area contributed by atoms with Gasteiger partial charge in [-0.15, -0.1) is 0 Å². The van der Waals surface area contributed by atoms with Crippen molar-refractivity contribution in [3.8, 4) is 11.5 Å². The molecule has 2 aromatic heterocycles. The Balaban J connectivity index is 1.32. The maximum absolute atomic E-state index is 12.6. The van der Waals surface area contributed by atoms with Gasteiger partial charge in [0, 0.05) is 43.8 Å². The van der Waals surface area contributed by atoms with Crippen LogP contribution in [0.1, 0.15) is 36.8 Å². The maximum Gasteiger partial charge on any atom is 0.257 e. The molecule has 1 amide bonds. The van der Waals surface area contributed by atoms with Gasteiger partial charge in [0.1, 0.15) is 0 Å². The van der Waals surface area contributed by atoms with Gasteiger partial charge in [0.25, 0.3) is 5.89 Å². The molecule has 1 aliphatic rings. The average molecular weight is 592 g/mol. The summed E-state index contributed by atoms with van der Waals surface area (Å²) in [6.07, 6.45) is 2.69. The molecule has 12 heteroatoms. The van der Waals surface area contributed by atoms with Crippen LogP contribution >= 0.6 is 34.8 Å². The smallest absolute Gasteiger partial charge is 0.257 e. The van der Waals surface area contributed by atoms with Crippen LogP contribution < -0.4 is 5.32 Å². The minimum atomic E-state index is -3.36. The van der Waals surface area contributed by atoms with E-state index in [0.717, 1.165) is 18.4 Å². The topological polar surface area (TPSA) is 115 Å². The molecule has 0 aliphatic heterocycles. The molecular weight excluding hydrogens is 571 g/mol. The number of nitrogens with zero attached hydrogens (tertiary/aromatic N) is 3. The van der Waals surface area contributed by atoms with E-state index in [1.807, 2.05) is 0 Å². The molecule has 0 bridgehead atoms. The van der Waals surface area contributed by atoms with E-state index in [4.69, 9.17) is 39.3 Å². The van der Waals surface area contributed by atoms with Gasteiger partial charge >= 0.3 is 0 Å². The lowest BCUT2D eigenvalue weighted by molar-refractivity contribution is -0.115. The molecule has 38 heavy (non-hydrogen) atoms.